The first kappa shape index (κ1) is 30.1. The fourth-order valence-electron chi connectivity index (χ4n) is 4.56. The summed E-state index contributed by atoms with van der Waals surface area (Å²) in [6.07, 6.45) is 4.72. The van der Waals surface area contributed by atoms with Crippen LogP contribution in [0.15, 0.2) is 60.7 Å². The molecule has 0 amide bonds. The van der Waals surface area contributed by atoms with Gasteiger partial charge in [-0.25, -0.2) is 0 Å². The third-order valence-corrected chi connectivity index (χ3v) is 6.78. The van der Waals surface area contributed by atoms with Crippen molar-refractivity contribution in [3.8, 4) is 23.7 Å². The van der Waals surface area contributed by atoms with Gasteiger partial charge in [-0.1, -0.05) is 111 Å². The van der Waals surface area contributed by atoms with Crippen molar-refractivity contribution in [1.82, 2.24) is 0 Å². The lowest BCUT2D eigenvalue weighted by Gasteiger charge is -2.14. The topological polar surface area (TPSA) is 0 Å². The first-order valence-corrected chi connectivity index (χ1v) is 14.1. The molecular weight excluding hydrogens is 489 g/mol. The van der Waals surface area contributed by atoms with Gasteiger partial charge in [0, 0.05) is 22.3 Å². The Hall–Kier alpha value is -3.43. The number of aryl methyl sites for hydroxylation is 3. The Morgan fingerprint density at radius 2 is 1.03 bits per heavy atom. The van der Waals surface area contributed by atoms with Crippen LogP contribution in [0.1, 0.15) is 103 Å². The number of hydrogen-bond donors (Lipinski definition) is 0. The second-order valence-electron chi connectivity index (χ2n) is 10.4. The monoisotopic (exact) mass is 528 g/mol. The molecule has 0 spiro atoms. The number of alkyl halides is 3. The molecule has 3 heteroatoms. The summed E-state index contributed by atoms with van der Waals surface area (Å²) in [4.78, 5) is 0. The lowest BCUT2D eigenvalue weighted by atomic mass is 9.92. The van der Waals surface area contributed by atoms with Crippen molar-refractivity contribution in [3.63, 3.8) is 0 Å². The van der Waals surface area contributed by atoms with Crippen LogP contribution in [-0.2, 0) is 12.8 Å². The van der Waals surface area contributed by atoms with E-state index in [-0.39, 0.29) is 5.56 Å². The minimum Gasteiger partial charge on any atom is -0.171 e. The minimum absolute atomic E-state index is 0.201. The van der Waals surface area contributed by atoms with E-state index in [1.165, 1.54) is 32.1 Å². The van der Waals surface area contributed by atoms with Crippen LogP contribution >= 0.6 is 0 Å². The lowest BCUT2D eigenvalue weighted by Crippen LogP contribution is -2.14. The zero-order valence-electron chi connectivity index (χ0n) is 23.5. The van der Waals surface area contributed by atoms with Gasteiger partial charge in [-0.05, 0) is 74.2 Å². The van der Waals surface area contributed by atoms with E-state index in [2.05, 4.69) is 30.6 Å². The molecule has 0 radical (unpaired) electrons. The molecule has 3 aromatic carbocycles. The molecular formula is C36H39F3. The van der Waals surface area contributed by atoms with Crippen LogP contribution in [0, 0.1) is 37.5 Å². The maximum atomic E-state index is 13.7. The molecule has 0 aliphatic rings. The SMILES string of the molecule is CCCCCCCCCCc1cc(C#Cc2ccc(C)cc2)cc(CC(F)(F)F)c1C#Cc1ccc(C)cc1. The highest BCUT2D eigenvalue weighted by Crippen LogP contribution is 2.27. The van der Waals surface area contributed by atoms with E-state index in [1.54, 1.807) is 6.07 Å². The second-order valence-corrected chi connectivity index (χ2v) is 10.4. The Morgan fingerprint density at radius 1 is 0.564 bits per heavy atom. The molecule has 0 saturated carbocycles. The summed E-state index contributed by atoms with van der Waals surface area (Å²) in [5.74, 6) is 12.5. The molecule has 0 aliphatic carbocycles. The van der Waals surface area contributed by atoms with E-state index in [9.17, 15) is 13.2 Å². The fourth-order valence-corrected chi connectivity index (χ4v) is 4.56. The first-order chi connectivity index (χ1) is 18.7. The Morgan fingerprint density at radius 3 is 1.56 bits per heavy atom. The largest absolute Gasteiger partial charge is 0.393 e. The predicted octanol–water partition coefficient (Wildman–Crippen LogP) is 9.89. The van der Waals surface area contributed by atoms with Gasteiger partial charge in [-0.2, -0.15) is 13.2 Å². The van der Waals surface area contributed by atoms with Crippen LogP contribution < -0.4 is 0 Å². The van der Waals surface area contributed by atoms with Crippen molar-refractivity contribution < 1.29 is 13.2 Å². The van der Waals surface area contributed by atoms with E-state index in [1.807, 2.05) is 68.4 Å². The van der Waals surface area contributed by atoms with Gasteiger partial charge in [0.15, 0.2) is 0 Å². The van der Waals surface area contributed by atoms with Gasteiger partial charge in [0.1, 0.15) is 0 Å². The van der Waals surface area contributed by atoms with Crippen LogP contribution in [0.3, 0.4) is 0 Å². The smallest absolute Gasteiger partial charge is 0.171 e. The lowest BCUT2D eigenvalue weighted by molar-refractivity contribution is -0.127. The van der Waals surface area contributed by atoms with Gasteiger partial charge in [0.2, 0.25) is 0 Å². The molecule has 0 aromatic heterocycles. The van der Waals surface area contributed by atoms with E-state index in [4.69, 9.17) is 0 Å². The van der Waals surface area contributed by atoms with Gasteiger partial charge in [-0.3, -0.25) is 0 Å². The maximum absolute atomic E-state index is 13.7. The fraction of sp³-hybridized carbons (Fsp3) is 0.389. The molecule has 0 nitrogen and oxygen atoms in total. The highest BCUT2D eigenvalue weighted by molar-refractivity contribution is 5.56. The molecule has 0 heterocycles. The average Bonchev–Trinajstić information content (AvgIpc) is 2.89. The summed E-state index contributed by atoms with van der Waals surface area (Å²) in [5, 5.41) is 0. The molecule has 0 N–H and O–H groups in total. The number of unbranched alkanes of at least 4 members (excludes halogenated alkanes) is 7. The zero-order chi connectivity index (χ0) is 28.1. The quantitative estimate of drug-likeness (QED) is 0.181. The van der Waals surface area contributed by atoms with Crippen molar-refractivity contribution in [1.29, 1.82) is 0 Å². The summed E-state index contributed by atoms with van der Waals surface area (Å²) < 4.78 is 41.0. The number of hydrogen-bond acceptors (Lipinski definition) is 0. The van der Waals surface area contributed by atoms with Crippen molar-refractivity contribution in [3.05, 3.63) is 105 Å². The highest BCUT2D eigenvalue weighted by Gasteiger charge is 2.29. The minimum atomic E-state index is -4.33. The molecule has 204 valence electrons. The molecule has 3 aromatic rings. The third-order valence-electron chi connectivity index (χ3n) is 6.78. The standard InChI is InChI=1S/C36H39F3/c1-4-5-6-7-8-9-10-11-12-33-25-32(22-21-30-17-13-28(2)14-18-30)26-34(27-36(37,38)39)35(33)24-23-31-19-15-29(3)16-20-31/h13-20,25-26H,4-12,27H2,1-3H3. The predicted molar refractivity (Wildman–Crippen MR) is 157 cm³/mol. The summed E-state index contributed by atoms with van der Waals surface area (Å²) in [7, 11) is 0. The summed E-state index contributed by atoms with van der Waals surface area (Å²) in [6.45, 7) is 6.22. The van der Waals surface area contributed by atoms with Crippen LogP contribution in [0.5, 0.6) is 0 Å². The Labute approximate surface area is 233 Å². The molecule has 39 heavy (non-hydrogen) atoms. The van der Waals surface area contributed by atoms with Crippen molar-refractivity contribution in [2.45, 2.75) is 91.2 Å². The molecule has 0 unspecified atom stereocenters. The number of benzene rings is 3. The maximum Gasteiger partial charge on any atom is 0.393 e. The van der Waals surface area contributed by atoms with Crippen molar-refractivity contribution in [2.75, 3.05) is 0 Å². The van der Waals surface area contributed by atoms with E-state index < -0.39 is 12.6 Å². The van der Waals surface area contributed by atoms with Gasteiger partial charge >= 0.3 is 6.18 Å². The summed E-state index contributed by atoms with van der Waals surface area (Å²) in [5.41, 5.74) is 6.04. The second kappa shape index (κ2) is 15.2. The van der Waals surface area contributed by atoms with Gasteiger partial charge in [-0.15, -0.1) is 0 Å². The zero-order valence-corrected chi connectivity index (χ0v) is 23.5. The van der Waals surface area contributed by atoms with Crippen LogP contribution in [0.25, 0.3) is 0 Å². The van der Waals surface area contributed by atoms with Gasteiger partial charge < -0.3 is 0 Å². The van der Waals surface area contributed by atoms with Crippen molar-refractivity contribution >= 4 is 0 Å². The molecule has 0 fully saturated rings. The average molecular weight is 529 g/mol. The van der Waals surface area contributed by atoms with E-state index in [0.29, 0.717) is 17.5 Å². The molecule has 0 atom stereocenters. The van der Waals surface area contributed by atoms with E-state index in [0.717, 1.165) is 47.1 Å². The molecule has 3 rings (SSSR count). The summed E-state index contributed by atoms with van der Waals surface area (Å²) >= 11 is 0. The Kier molecular flexibility index (Phi) is 11.8. The Bertz CT molecular complexity index is 1300. The first-order valence-electron chi connectivity index (χ1n) is 14.1. The van der Waals surface area contributed by atoms with Crippen molar-refractivity contribution in [2.24, 2.45) is 0 Å². The van der Waals surface area contributed by atoms with Crippen LogP contribution in [0.2, 0.25) is 0 Å². The molecule has 0 bridgehead atoms. The number of halogens is 3. The van der Waals surface area contributed by atoms with E-state index >= 15 is 0 Å². The third kappa shape index (κ3) is 11.1. The normalized spacial score (nSPS) is 10.9. The van der Waals surface area contributed by atoms with Gasteiger partial charge in [0.25, 0.3) is 0 Å². The van der Waals surface area contributed by atoms with Crippen LogP contribution in [-0.4, -0.2) is 6.18 Å². The molecule has 0 saturated heterocycles. The summed E-state index contributed by atoms with van der Waals surface area (Å²) in [6, 6.07) is 19.1. The van der Waals surface area contributed by atoms with Crippen LogP contribution in [0.4, 0.5) is 13.2 Å². The van der Waals surface area contributed by atoms with Gasteiger partial charge in [0.05, 0.1) is 6.42 Å². The highest BCUT2D eigenvalue weighted by atomic mass is 19.4. The number of rotatable bonds is 10. The molecule has 0 aliphatic heterocycles. The Balaban J connectivity index is 1.93.